The zero-order valence-electron chi connectivity index (χ0n) is 22.9. The predicted molar refractivity (Wildman–Crippen MR) is 140 cm³/mol. The molecule has 17 heteroatoms. The Morgan fingerprint density at radius 2 is 2.00 bits per heavy atom. The van der Waals surface area contributed by atoms with E-state index in [1.165, 1.54) is 13.8 Å². The number of esters is 1. The van der Waals surface area contributed by atoms with Crippen molar-refractivity contribution in [2.45, 2.75) is 83.4 Å². The molecule has 1 aliphatic carbocycles. The molecular formula is C23H35FN3O11PS. The zero-order chi connectivity index (χ0) is 30.3. The van der Waals surface area contributed by atoms with Gasteiger partial charge in [0, 0.05) is 18.0 Å². The van der Waals surface area contributed by atoms with Crippen molar-refractivity contribution in [3.8, 4) is 0 Å². The summed E-state index contributed by atoms with van der Waals surface area (Å²) in [6, 6.07) is -0.234. The van der Waals surface area contributed by atoms with Gasteiger partial charge in [-0.2, -0.15) is 0 Å². The molecule has 3 unspecified atom stereocenters. The second-order valence-electron chi connectivity index (χ2n) is 10.7. The van der Waals surface area contributed by atoms with E-state index in [1.807, 2.05) is 4.98 Å². The van der Waals surface area contributed by atoms with E-state index in [-0.39, 0.29) is 24.1 Å². The largest absolute Gasteiger partial charge is 0.462 e. The van der Waals surface area contributed by atoms with Crippen molar-refractivity contribution in [1.29, 1.82) is 0 Å². The standard InChI is InChI=1S/C23H35FN3O11PS/c1-12(2)36-17(30)13(3)26-39(34,35-9-10-40-19(31)21(4,5)11-28)38-18-22(6)23(18,33)15(24)16(37-22)27-8-7-14(29)25-20(27)32/h7-8,12-13,15-16,18,28,33H,9-11H2,1-6H3,(H,26,34)(H,25,29,32)/t13?,15-,16+,18?,22+,23+,39?/m0/s1. The first-order chi connectivity index (χ1) is 18.4. The first-order valence-corrected chi connectivity index (χ1v) is 15.0. The van der Waals surface area contributed by atoms with Gasteiger partial charge in [0.1, 0.15) is 17.7 Å². The highest BCUT2D eigenvalue weighted by Gasteiger charge is 2.88. The molecule has 1 aromatic rings. The number of nitrogens with zero attached hydrogens (tertiary/aromatic N) is 1. The summed E-state index contributed by atoms with van der Waals surface area (Å²) in [5.41, 5.74) is -6.84. The maximum Gasteiger partial charge on any atom is 0.406 e. The van der Waals surface area contributed by atoms with Crippen LogP contribution in [0.5, 0.6) is 0 Å². The number of nitrogens with one attached hydrogen (secondary N) is 2. The Bertz CT molecular complexity index is 1290. The van der Waals surface area contributed by atoms with E-state index in [2.05, 4.69) is 5.09 Å². The summed E-state index contributed by atoms with van der Waals surface area (Å²) in [6.45, 7) is 8.25. The number of halogens is 1. The van der Waals surface area contributed by atoms with Crippen molar-refractivity contribution in [1.82, 2.24) is 14.6 Å². The number of alkyl halides is 1. The molecule has 0 bridgehead atoms. The molecule has 1 saturated carbocycles. The van der Waals surface area contributed by atoms with Gasteiger partial charge in [0.15, 0.2) is 23.1 Å². The molecule has 0 amide bonds. The second kappa shape index (κ2) is 11.8. The summed E-state index contributed by atoms with van der Waals surface area (Å²) in [5.74, 6) is -0.789. The summed E-state index contributed by atoms with van der Waals surface area (Å²) in [7, 11) is -4.49. The molecule has 1 saturated heterocycles. The third-order valence-corrected chi connectivity index (χ3v) is 9.50. The monoisotopic (exact) mass is 611 g/mol. The highest BCUT2D eigenvalue weighted by molar-refractivity contribution is 8.13. The lowest BCUT2D eigenvalue weighted by Crippen LogP contribution is -2.41. The fourth-order valence-electron chi connectivity index (χ4n) is 4.08. The third kappa shape index (κ3) is 6.28. The number of carbonyl (C=O) groups is 2. The summed E-state index contributed by atoms with van der Waals surface area (Å²) in [6.07, 6.45) is -4.90. The molecule has 0 radical (unpaired) electrons. The summed E-state index contributed by atoms with van der Waals surface area (Å²) >= 11 is 0.821. The Kier molecular flexibility index (Phi) is 9.59. The number of aliphatic hydroxyl groups is 2. The van der Waals surface area contributed by atoms with Gasteiger partial charge in [0.2, 0.25) is 0 Å². The topological polar surface area (TPSA) is 195 Å². The van der Waals surface area contributed by atoms with E-state index in [1.54, 1.807) is 27.7 Å². The Morgan fingerprint density at radius 3 is 2.52 bits per heavy atom. The molecule has 2 fully saturated rings. The number of ether oxygens (including phenoxy) is 2. The van der Waals surface area contributed by atoms with E-state index in [0.29, 0.717) is 0 Å². The van der Waals surface area contributed by atoms with Crippen LogP contribution in [-0.2, 0) is 32.7 Å². The Morgan fingerprint density at radius 1 is 1.35 bits per heavy atom. The third-order valence-electron chi connectivity index (χ3n) is 6.60. The number of hydrogen-bond donors (Lipinski definition) is 4. The minimum absolute atomic E-state index is 0.00620. The number of hydrogen-bond acceptors (Lipinski definition) is 12. The number of H-pyrrole nitrogens is 1. The minimum atomic E-state index is -4.49. The van der Waals surface area contributed by atoms with Gasteiger partial charge in [-0.25, -0.2) is 18.8 Å². The van der Waals surface area contributed by atoms with Crippen LogP contribution >= 0.6 is 19.5 Å². The number of thioether (sulfide) groups is 1. The van der Waals surface area contributed by atoms with Crippen LogP contribution in [0.25, 0.3) is 0 Å². The number of aromatic nitrogens is 2. The van der Waals surface area contributed by atoms with Gasteiger partial charge in [0.25, 0.3) is 5.56 Å². The van der Waals surface area contributed by atoms with Gasteiger partial charge in [-0.05, 0) is 41.5 Å². The average molecular weight is 612 g/mol. The Hall–Kier alpha value is -1.91. The van der Waals surface area contributed by atoms with Crippen molar-refractivity contribution >= 4 is 30.6 Å². The Balaban J connectivity index is 1.76. The van der Waals surface area contributed by atoms with Gasteiger partial charge in [-0.15, -0.1) is 0 Å². The van der Waals surface area contributed by atoms with Crippen LogP contribution in [-0.4, -0.2) is 85.4 Å². The minimum Gasteiger partial charge on any atom is -0.462 e. The summed E-state index contributed by atoms with van der Waals surface area (Å²) in [4.78, 5) is 50.1. The average Bonchev–Trinajstić information content (AvgIpc) is 3.22. The van der Waals surface area contributed by atoms with E-state index < -0.39 is 72.2 Å². The fourth-order valence-corrected chi connectivity index (χ4v) is 6.76. The number of carbonyl (C=O) groups excluding carboxylic acids is 2. The SMILES string of the molecule is CC(C)OC(=O)C(C)NP(=O)(OCCSC(=O)C(C)(C)CO)OC1[C@@]2(C)O[C@@H](n3ccc(=O)[nH]c3=O)[C@H](F)[C@@]12O. The Labute approximate surface area is 233 Å². The van der Waals surface area contributed by atoms with E-state index in [4.69, 9.17) is 18.5 Å². The van der Waals surface area contributed by atoms with Gasteiger partial charge in [-0.3, -0.25) is 33.0 Å². The van der Waals surface area contributed by atoms with Crippen LogP contribution in [0.1, 0.15) is 47.8 Å². The van der Waals surface area contributed by atoms with Gasteiger partial charge in [0.05, 0.1) is 24.7 Å². The van der Waals surface area contributed by atoms with Crippen LogP contribution in [0.4, 0.5) is 4.39 Å². The van der Waals surface area contributed by atoms with Gasteiger partial charge < -0.3 is 19.7 Å². The number of fused-ring (bicyclic) bond motifs is 1. The highest BCUT2D eigenvalue weighted by atomic mass is 32.2. The molecule has 14 nitrogen and oxygen atoms in total. The summed E-state index contributed by atoms with van der Waals surface area (Å²) in [5, 5.41) is 22.6. The molecule has 3 rings (SSSR count). The molecule has 4 N–H and O–H groups in total. The molecule has 1 aromatic heterocycles. The number of aliphatic hydroxyl groups excluding tert-OH is 1. The zero-order valence-corrected chi connectivity index (χ0v) is 24.6. The maximum absolute atomic E-state index is 15.5. The quantitative estimate of drug-likeness (QED) is 0.138. The van der Waals surface area contributed by atoms with Crippen LogP contribution in [0.15, 0.2) is 21.9 Å². The molecule has 7 atom stereocenters. The second-order valence-corrected chi connectivity index (χ2v) is 13.5. The number of aromatic amines is 1. The van der Waals surface area contributed by atoms with Crippen LogP contribution in [0, 0.1) is 5.41 Å². The van der Waals surface area contributed by atoms with Crippen LogP contribution < -0.4 is 16.3 Å². The first kappa shape index (κ1) is 32.6. The molecule has 2 heterocycles. The molecule has 40 heavy (non-hydrogen) atoms. The first-order valence-electron chi connectivity index (χ1n) is 12.5. The molecule has 0 aromatic carbocycles. The fraction of sp³-hybridized carbons (Fsp3) is 0.739. The lowest BCUT2D eigenvalue weighted by Gasteiger charge is -2.27. The molecular weight excluding hydrogens is 576 g/mol. The van der Waals surface area contributed by atoms with Crippen LogP contribution in [0.2, 0.25) is 0 Å². The molecule has 0 spiro atoms. The van der Waals surface area contributed by atoms with Crippen molar-refractivity contribution in [2.75, 3.05) is 19.0 Å². The van der Waals surface area contributed by atoms with E-state index in [9.17, 15) is 34.0 Å². The number of rotatable bonds is 13. The lowest BCUT2D eigenvalue weighted by molar-refractivity contribution is -0.149. The van der Waals surface area contributed by atoms with Gasteiger partial charge in [-0.1, -0.05) is 11.8 Å². The molecule has 226 valence electrons. The summed E-state index contributed by atoms with van der Waals surface area (Å²) < 4.78 is 51.8. The van der Waals surface area contributed by atoms with Crippen molar-refractivity contribution < 1.29 is 47.3 Å². The van der Waals surface area contributed by atoms with Crippen LogP contribution in [0.3, 0.4) is 0 Å². The highest BCUT2D eigenvalue weighted by Crippen LogP contribution is 2.68. The van der Waals surface area contributed by atoms with Gasteiger partial charge >= 0.3 is 19.4 Å². The van der Waals surface area contributed by atoms with Crippen molar-refractivity contribution in [2.24, 2.45) is 5.41 Å². The molecule has 1 aliphatic heterocycles. The van der Waals surface area contributed by atoms with E-state index >= 15 is 4.39 Å². The maximum atomic E-state index is 15.5. The predicted octanol–water partition coefficient (Wildman–Crippen LogP) is 0.625. The lowest BCUT2D eigenvalue weighted by atomic mass is 9.97. The van der Waals surface area contributed by atoms with E-state index in [0.717, 1.165) is 28.6 Å². The van der Waals surface area contributed by atoms with Crippen molar-refractivity contribution in [3.05, 3.63) is 33.1 Å². The van der Waals surface area contributed by atoms with Crippen molar-refractivity contribution in [3.63, 3.8) is 0 Å². The smallest absolute Gasteiger partial charge is 0.406 e. The normalized spacial score (nSPS) is 30.0. The molecule has 2 aliphatic rings.